The second kappa shape index (κ2) is 5.82. The van der Waals surface area contributed by atoms with Gasteiger partial charge in [0, 0.05) is 35.9 Å². The zero-order chi connectivity index (χ0) is 14.9. The summed E-state index contributed by atoms with van der Waals surface area (Å²) < 4.78 is 39.6. The minimum atomic E-state index is -4.40. The molecule has 1 saturated heterocycles. The van der Waals surface area contributed by atoms with E-state index in [1.165, 1.54) is 12.1 Å². The molecule has 0 bridgehead atoms. The molecule has 1 aliphatic heterocycles. The SMILES string of the molecule is CCC1CN(c2ccc(Cl)cc2C(F)(F)F)C(C)CN1. The standard InChI is InChI=1S/C14H18ClF3N2/c1-3-11-8-20(9(2)7-19-11)13-5-4-10(15)6-12(13)14(16,17)18/h4-6,9,11,19H,3,7-8H2,1-2H3. The van der Waals surface area contributed by atoms with Crippen molar-refractivity contribution in [2.24, 2.45) is 0 Å². The summed E-state index contributed by atoms with van der Waals surface area (Å²) in [6.45, 7) is 5.20. The highest BCUT2D eigenvalue weighted by atomic mass is 35.5. The molecule has 0 aromatic heterocycles. The molecule has 2 atom stereocenters. The Morgan fingerprint density at radius 2 is 2.10 bits per heavy atom. The Morgan fingerprint density at radius 3 is 2.70 bits per heavy atom. The highest BCUT2D eigenvalue weighted by molar-refractivity contribution is 6.30. The van der Waals surface area contributed by atoms with E-state index in [0.29, 0.717) is 13.1 Å². The number of nitrogens with one attached hydrogen (secondary N) is 1. The maximum atomic E-state index is 13.2. The van der Waals surface area contributed by atoms with Crippen LogP contribution in [-0.4, -0.2) is 25.2 Å². The largest absolute Gasteiger partial charge is 0.418 e. The molecule has 1 heterocycles. The van der Waals surface area contributed by atoms with Crippen molar-refractivity contribution in [1.82, 2.24) is 5.32 Å². The van der Waals surface area contributed by atoms with E-state index < -0.39 is 11.7 Å². The minimum Gasteiger partial charge on any atom is -0.365 e. The normalized spacial score (nSPS) is 24.0. The van der Waals surface area contributed by atoms with Crippen LogP contribution in [0.2, 0.25) is 5.02 Å². The monoisotopic (exact) mass is 306 g/mol. The molecule has 0 radical (unpaired) electrons. The van der Waals surface area contributed by atoms with Gasteiger partial charge in [-0.2, -0.15) is 13.2 Å². The molecule has 1 aromatic carbocycles. The lowest BCUT2D eigenvalue weighted by atomic mass is 10.0. The highest BCUT2D eigenvalue weighted by Gasteiger charge is 2.37. The van der Waals surface area contributed by atoms with Crippen molar-refractivity contribution in [3.05, 3.63) is 28.8 Å². The zero-order valence-electron chi connectivity index (χ0n) is 11.5. The average Bonchev–Trinajstić information content (AvgIpc) is 2.38. The van der Waals surface area contributed by atoms with Gasteiger partial charge in [0.25, 0.3) is 0 Å². The van der Waals surface area contributed by atoms with Crippen LogP contribution in [0.15, 0.2) is 18.2 Å². The Hall–Kier alpha value is -0.940. The predicted molar refractivity (Wildman–Crippen MR) is 75.3 cm³/mol. The lowest BCUT2D eigenvalue weighted by Gasteiger charge is -2.41. The average molecular weight is 307 g/mol. The Kier molecular flexibility index (Phi) is 4.49. The zero-order valence-corrected chi connectivity index (χ0v) is 12.2. The first-order valence-corrected chi connectivity index (χ1v) is 7.07. The predicted octanol–water partition coefficient (Wildman–Crippen LogP) is 3.94. The summed E-state index contributed by atoms with van der Waals surface area (Å²) >= 11 is 5.72. The topological polar surface area (TPSA) is 15.3 Å². The van der Waals surface area contributed by atoms with Crippen molar-refractivity contribution < 1.29 is 13.2 Å². The molecule has 1 aliphatic rings. The summed E-state index contributed by atoms with van der Waals surface area (Å²) in [5.41, 5.74) is -0.442. The number of hydrogen-bond donors (Lipinski definition) is 1. The van der Waals surface area contributed by atoms with E-state index in [0.717, 1.165) is 12.5 Å². The van der Waals surface area contributed by atoms with Gasteiger partial charge in [0.15, 0.2) is 0 Å². The Bertz CT molecular complexity index is 476. The van der Waals surface area contributed by atoms with E-state index in [2.05, 4.69) is 5.32 Å². The summed E-state index contributed by atoms with van der Waals surface area (Å²) in [6.07, 6.45) is -3.51. The van der Waals surface area contributed by atoms with E-state index >= 15 is 0 Å². The molecule has 0 aliphatic carbocycles. The first kappa shape index (κ1) is 15.4. The molecule has 2 rings (SSSR count). The molecular formula is C14H18ClF3N2. The lowest BCUT2D eigenvalue weighted by molar-refractivity contribution is -0.137. The van der Waals surface area contributed by atoms with Crippen LogP contribution in [0.5, 0.6) is 0 Å². The number of hydrogen-bond acceptors (Lipinski definition) is 2. The number of rotatable bonds is 2. The molecule has 0 spiro atoms. The number of halogens is 4. The van der Waals surface area contributed by atoms with Crippen LogP contribution < -0.4 is 10.2 Å². The van der Waals surface area contributed by atoms with Crippen LogP contribution in [0.3, 0.4) is 0 Å². The maximum Gasteiger partial charge on any atom is 0.418 e. The summed E-state index contributed by atoms with van der Waals surface area (Å²) in [5.74, 6) is 0. The molecule has 0 amide bonds. The summed E-state index contributed by atoms with van der Waals surface area (Å²) in [6, 6.07) is 4.22. The first-order valence-electron chi connectivity index (χ1n) is 6.69. The molecular weight excluding hydrogens is 289 g/mol. The fourth-order valence-electron chi connectivity index (χ4n) is 2.52. The second-order valence-electron chi connectivity index (χ2n) is 5.17. The van der Waals surface area contributed by atoms with E-state index in [1.54, 1.807) is 0 Å². The molecule has 2 unspecified atom stereocenters. The molecule has 1 aromatic rings. The highest BCUT2D eigenvalue weighted by Crippen LogP contribution is 2.39. The van der Waals surface area contributed by atoms with Gasteiger partial charge in [-0.3, -0.25) is 0 Å². The van der Waals surface area contributed by atoms with Crippen LogP contribution in [-0.2, 0) is 6.18 Å². The van der Waals surface area contributed by atoms with Crippen molar-refractivity contribution in [3.63, 3.8) is 0 Å². The summed E-state index contributed by atoms with van der Waals surface area (Å²) in [5, 5.41) is 3.45. The third-order valence-corrected chi connectivity index (χ3v) is 3.95. The van der Waals surface area contributed by atoms with Crippen LogP contribution >= 0.6 is 11.6 Å². The van der Waals surface area contributed by atoms with Crippen LogP contribution in [0.1, 0.15) is 25.8 Å². The minimum absolute atomic E-state index is 0.0140. The quantitative estimate of drug-likeness (QED) is 0.890. The van der Waals surface area contributed by atoms with E-state index in [-0.39, 0.29) is 22.8 Å². The molecule has 1 N–H and O–H groups in total. The Morgan fingerprint density at radius 1 is 1.40 bits per heavy atom. The van der Waals surface area contributed by atoms with Crippen molar-refractivity contribution >= 4 is 17.3 Å². The second-order valence-corrected chi connectivity index (χ2v) is 5.61. The van der Waals surface area contributed by atoms with E-state index in [1.807, 2.05) is 18.7 Å². The molecule has 1 fully saturated rings. The van der Waals surface area contributed by atoms with Crippen LogP contribution in [0.25, 0.3) is 0 Å². The lowest BCUT2D eigenvalue weighted by Crippen LogP contribution is -2.55. The molecule has 20 heavy (non-hydrogen) atoms. The molecule has 112 valence electrons. The van der Waals surface area contributed by atoms with Gasteiger partial charge in [0.2, 0.25) is 0 Å². The van der Waals surface area contributed by atoms with Crippen molar-refractivity contribution in [3.8, 4) is 0 Å². The van der Waals surface area contributed by atoms with Crippen molar-refractivity contribution in [1.29, 1.82) is 0 Å². The van der Waals surface area contributed by atoms with Gasteiger partial charge in [-0.05, 0) is 31.5 Å². The molecule has 2 nitrogen and oxygen atoms in total. The van der Waals surface area contributed by atoms with Gasteiger partial charge in [-0.15, -0.1) is 0 Å². The van der Waals surface area contributed by atoms with Crippen LogP contribution in [0, 0.1) is 0 Å². The molecule has 6 heteroatoms. The van der Waals surface area contributed by atoms with Crippen molar-refractivity contribution in [2.45, 2.75) is 38.5 Å². The van der Waals surface area contributed by atoms with Gasteiger partial charge in [-0.1, -0.05) is 18.5 Å². The summed E-state index contributed by atoms with van der Waals surface area (Å²) in [7, 11) is 0. The number of alkyl halides is 3. The number of nitrogens with zero attached hydrogens (tertiary/aromatic N) is 1. The van der Waals surface area contributed by atoms with Crippen molar-refractivity contribution in [2.75, 3.05) is 18.0 Å². The molecule has 0 saturated carbocycles. The third kappa shape index (κ3) is 3.20. The fourth-order valence-corrected chi connectivity index (χ4v) is 2.70. The maximum absolute atomic E-state index is 13.2. The van der Waals surface area contributed by atoms with Gasteiger partial charge >= 0.3 is 6.18 Å². The Labute approximate surface area is 121 Å². The number of anilines is 1. The van der Waals surface area contributed by atoms with Crippen LogP contribution in [0.4, 0.5) is 18.9 Å². The van der Waals surface area contributed by atoms with Gasteiger partial charge in [-0.25, -0.2) is 0 Å². The van der Waals surface area contributed by atoms with E-state index in [9.17, 15) is 13.2 Å². The Balaban J connectivity index is 2.40. The smallest absolute Gasteiger partial charge is 0.365 e. The third-order valence-electron chi connectivity index (χ3n) is 3.72. The first-order chi connectivity index (χ1) is 9.32. The summed E-state index contributed by atoms with van der Waals surface area (Å²) in [4.78, 5) is 1.82. The van der Waals surface area contributed by atoms with Gasteiger partial charge in [0.05, 0.1) is 5.56 Å². The fraction of sp³-hybridized carbons (Fsp3) is 0.571. The van der Waals surface area contributed by atoms with E-state index in [4.69, 9.17) is 11.6 Å². The van der Waals surface area contributed by atoms with Gasteiger partial charge in [0.1, 0.15) is 0 Å². The number of piperazine rings is 1. The number of benzene rings is 1. The van der Waals surface area contributed by atoms with Gasteiger partial charge < -0.3 is 10.2 Å².